The Morgan fingerprint density at radius 2 is 1.94 bits per heavy atom. The molecule has 1 unspecified atom stereocenters. The Balaban J connectivity index is 1.43. The summed E-state index contributed by atoms with van der Waals surface area (Å²) in [6, 6.07) is 18.0. The van der Waals surface area contributed by atoms with E-state index in [2.05, 4.69) is 43.7 Å². The first-order chi connectivity index (χ1) is 17.1. The molecule has 1 fully saturated rings. The number of carbonyl (C=O) groups is 1. The van der Waals surface area contributed by atoms with Gasteiger partial charge in [-0.05, 0) is 67.3 Å². The van der Waals surface area contributed by atoms with Gasteiger partial charge in [0.15, 0.2) is 5.82 Å². The number of fused-ring (bicyclic) bond motifs is 5. The van der Waals surface area contributed by atoms with Crippen molar-refractivity contribution in [2.75, 3.05) is 18.1 Å². The van der Waals surface area contributed by atoms with E-state index >= 15 is 0 Å². The lowest BCUT2D eigenvalue weighted by Gasteiger charge is -2.19. The molecule has 0 radical (unpaired) electrons. The second-order valence-electron chi connectivity index (χ2n) is 9.14. The van der Waals surface area contributed by atoms with Crippen molar-refractivity contribution in [3.8, 4) is 34.4 Å². The molecule has 2 aromatic heterocycles. The molecule has 2 aliphatic heterocycles. The second-order valence-corrected chi connectivity index (χ2v) is 9.14. The van der Waals surface area contributed by atoms with Crippen LogP contribution in [0.4, 0.5) is 5.69 Å². The minimum absolute atomic E-state index is 0.0299. The maximum atomic E-state index is 12.9. The van der Waals surface area contributed by atoms with Crippen LogP contribution in [0.15, 0.2) is 54.7 Å². The highest BCUT2D eigenvalue weighted by molar-refractivity contribution is 5.97. The molecule has 2 aliphatic rings. The van der Waals surface area contributed by atoms with E-state index in [1.165, 1.54) is 0 Å². The number of aliphatic hydroxyl groups excluding tert-OH is 1. The number of aromatic nitrogens is 4. The minimum Gasteiger partial charge on any atom is -0.396 e. The number of rotatable bonds is 4. The highest BCUT2D eigenvalue weighted by atomic mass is 16.3. The smallest absolute Gasteiger partial charge is 0.230 e. The van der Waals surface area contributed by atoms with Gasteiger partial charge in [-0.25, -0.2) is 0 Å². The predicted molar refractivity (Wildman–Crippen MR) is 131 cm³/mol. The van der Waals surface area contributed by atoms with Crippen LogP contribution in [0.1, 0.15) is 29.8 Å². The molecule has 0 bridgehead atoms. The molecule has 1 N–H and O–H groups in total. The molecule has 1 atom stereocenters. The van der Waals surface area contributed by atoms with E-state index in [0.29, 0.717) is 25.1 Å². The molecule has 0 aliphatic carbocycles. The molecule has 4 heterocycles. The van der Waals surface area contributed by atoms with Gasteiger partial charge in [0, 0.05) is 43.1 Å². The molecule has 174 valence electrons. The van der Waals surface area contributed by atoms with Crippen LogP contribution in [-0.2, 0) is 11.3 Å². The van der Waals surface area contributed by atoms with Crippen LogP contribution in [0.5, 0.6) is 0 Å². The Kier molecular flexibility index (Phi) is 5.01. The van der Waals surface area contributed by atoms with E-state index in [0.717, 1.165) is 51.8 Å². The first kappa shape index (κ1) is 21.3. The van der Waals surface area contributed by atoms with Crippen molar-refractivity contribution in [2.24, 2.45) is 5.92 Å². The zero-order chi connectivity index (χ0) is 24.1. The summed E-state index contributed by atoms with van der Waals surface area (Å²) in [5.41, 5.74) is 6.62. The number of nitrogens with zero attached hydrogens (tertiary/aromatic N) is 6. The summed E-state index contributed by atoms with van der Waals surface area (Å²) in [7, 11) is 0. The SMILES string of the molecule is Cc1nnc2n1-c1ccc(N3CCC(CCO)C3=O)cc1Cn1cc(-c3ccc(C#N)cc3)cc1-2. The van der Waals surface area contributed by atoms with Crippen molar-refractivity contribution in [1.29, 1.82) is 5.26 Å². The minimum atomic E-state index is -0.114. The summed E-state index contributed by atoms with van der Waals surface area (Å²) in [6.07, 6.45) is 3.38. The average molecular weight is 465 g/mol. The maximum absolute atomic E-state index is 12.9. The molecule has 4 aromatic rings. The highest BCUT2D eigenvalue weighted by Gasteiger charge is 2.33. The van der Waals surface area contributed by atoms with Crippen LogP contribution < -0.4 is 4.90 Å². The van der Waals surface area contributed by atoms with Crippen molar-refractivity contribution in [1.82, 2.24) is 19.3 Å². The number of anilines is 1. The van der Waals surface area contributed by atoms with Crippen molar-refractivity contribution in [3.63, 3.8) is 0 Å². The number of nitriles is 1. The van der Waals surface area contributed by atoms with Crippen molar-refractivity contribution < 1.29 is 9.90 Å². The Morgan fingerprint density at radius 3 is 2.71 bits per heavy atom. The summed E-state index contributed by atoms with van der Waals surface area (Å²) >= 11 is 0. The van der Waals surface area contributed by atoms with Crippen LogP contribution >= 0.6 is 0 Å². The van der Waals surface area contributed by atoms with Gasteiger partial charge >= 0.3 is 0 Å². The molecule has 8 heteroatoms. The number of carbonyl (C=O) groups excluding carboxylic acids is 1. The molecule has 1 saturated heterocycles. The summed E-state index contributed by atoms with van der Waals surface area (Å²) in [4.78, 5) is 14.7. The third-order valence-corrected chi connectivity index (χ3v) is 7.05. The third-order valence-electron chi connectivity index (χ3n) is 7.05. The normalized spacial score (nSPS) is 16.4. The Bertz CT molecular complexity index is 1490. The van der Waals surface area contributed by atoms with Gasteiger partial charge in [0.25, 0.3) is 0 Å². The molecular weight excluding hydrogens is 440 g/mol. The molecule has 0 saturated carbocycles. The van der Waals surface area contributed by atoms with Gasteiger partial charge in [-0.3, -0.25) is 9.36 Å². The lowest BCUT2D eigenvalue weighted by molar-refractivity contribution is -0.120. The summed E-state index contributed by atoms with van der Waals surface area (Å²) in [6.45, 7) is 3.26. The first-order valence-corrected chi connectivity index (χ1v) is 11.8. The number of aliphatic hydroxyl groups is 1. The number of hydrogen-bond donors (Lipinski definition) is 1. The van der Waals surface area contributed by atoms with Gasteiger partial charge in [0.2, 0.25) is 5.91 Å². The molecule has 6 rings (SSSR count). The quantitative estimate of drug-likeness (QED) is 0.437. The molecule has 8 nitrogen and oxygen atoms in total. The molecule has 2 aromatic carbocycles. The van der Waals surface area contributed by atoms with Crippen LogP contribution in [0.2, 0.25) is 0 Å². The average Bonchev–Trinajstić information content (AvgIpc) is 3.55. The van der Waals surface area contributed by atoms with Gasteiger partial charge in [-0.2, -0.15) is 5.26 Å². The monoisotopic (exact) mass is 464 g/mol. The predicted octanol–water partition coefficient (Wildman–Crippen LogP) is 3.68. The van der Waals surface area contributed by atoms with Gasteiger partial charge < -0.3 is 14.6 Å². The van der Waals surface area contributed by atoms with E-state index in [9.17, 15) is 9.90 Å². The Labute approximate surface area is 202 Å². The molecule has 0 spiro atoms. The molecule has 35 heavy (non-hydrogen) atoms. The lowest BCUT2D eigenvalue weighted by atomic mass is 10.1. The summed E-state index contributed by atoms with van der Waals surface area (Å²) in [5.74, 6) is 1.54. The summed E-state index contributed by atoms with van der Waals surface area (Å²) in [5, 5.41) is 27.3. The lowest BCUT2D eigenvalue weighted by Crippen LogP contribution is -2.27. The van der Waals surface area contributed by atoms with Crippen LogP contribution in [0, 0.1) is 24.2 Å². The first-order valence-electron chi connectivity index (χ1n) is 11.8. The van der Waals surface area contributed by atoms with Crippen LogP contribution in [0.3, 0.4) is 0 Å². The standard InChI is InChI=1S/C27H24N6O2/c1-17-29-30-26-25-13-21(19-4-2-18(14-28)3-5-19)15-31(25)16-22-12-23(6-7-24(22)33(17)26)32-10-8-20(9-11-34)27(32)35/h2-7,12-13,15,20,34H,8-11,16H2,1H3. The fraction of sp³-hybridized carbons (Fsp3) is 0.259. The number of hydrogen-bond acceptors (Lipinski definition) is 5. The van der Waals surface area contributed by atoms with Crippen molar-refractivity contribution in [2.45, 2.75) is 26.3 Å². The molecular formula is C27H24N6O2. The largest absolute Gasteiger partial charge is 0.396 e. The van der Waals surface area contributed by atoms with E-state index in [1.807, 2.05) is 48.2 Å². The number of benzene rings is 2. The topological polar surface area (TPSA) is 100.0 Å². The Hall–Kier alpha value is -4.22. The van der Waals surface area contributed by atoms with Gasteiger partial charge in [-0.15, -0.1) is 10.2 Å². The Morgan fingerprint density at radius 1 is 1.11 bits per heavy atom. The summed E-state index contributed by atoms with van der Waals surface area (Å²) < 4.78 is 4.24. The fourth-order valence-corrected chi connectivity index (χ4v) is 5.23. The van der Waals surface area contributed by atoms with Crippen LogP contribution in [0.25, 0.3) is 28.3 Å². The van der Waals surface area contributed by atoms with Crippen molar-refractivity contribution in [3.05, 3.63) is 71.7 Å². The zero-order valence-corrected chi connectivity index (χ0v) is 19.3. The van der Waals surface area contributed by atoms with Crippen molar-refractivity contribution >= 4 is 11.6 Å². The van der Waals surface area contributed by atoms with E-state index in [4.69, 9.17) is 5.26 Å². The van der Waals surface area contributed by atoms with E-state index < -0.39 is 0 Å². The fourth-order valence-electron chi connectivity index (χ4n) is 5.23. The number of amides is 1. The van der Waals surface area contributed by atoms with E-state index in [-0.39, 0.29) is 18.4 Å². The van der Waals surface area contributed by atoms with Gasteiger partial charge in [0.05, 0.1) is 23.0 Å². The second kappa shape index (κ2) is 8.22. The van der Waals surface area contributed by atoms with Crippen LogP contribution in [-0.4, -0.2) is 43.5 Å². The highest BCUT2D eigenvalue weighted by Crippen LogP contribution is 2.37. The van der Waals surface area contributed by atoms with E-state index in [1.54, 1.807) is 0 Å². The molecule has 1 amide bonds. The maximum Gasteiger partial charge on any atom is 0.230 e. The van der Waals surface area contributed by atoms with Gasteiger partial charge in [-0.1, -0.05) is 12.1 Å². The third kappa shape index (κ3) is 3.44. The van der Waals surface area contributed by atoms with Gasteiger partial charge in [0.1, 0.15) is 5.82 Å². The number of aryl methyl sites for hydroxylation is 1. The zero-order valence-electron chi connectivity index (χ0n) is 19.3.